The molecular weight excluding hydrogens is 156 g/mol. The summed E-state index contributed by atoms with van der Waals surface area (Å²) in [7, 11) is 0. The minimum absolute atomic E-state index is 0.621. The first-order chi connectivity index (χ1) is 3.50. The Labute approximate surface area is 55.7 Å². The van der Waals surface area contributed by atoms with Gasteiger partial charge in [-0.2, -0.15) is 0 Å². The van der Waals surface area contributed by atoms with Crippen LogP contribution >= 0.6 is 23.2 Å². The van der Waals surface area contributed by atoms with Crippen molar-refractivity contribution in [3.05, 3.63) is 0 Å². The molecule has 1 amide bonds. The first-order valence-corrected chi connectivity index (χ1v) is 2.65. The monoisotopic (exact) mass is 159 g/mol. The van der Waals surface area contributed by atoms with E-state index in [9.17, 15) is 9.18 Å². The van der Waals surface area contributed by atoms with E-state index in [2.05, 4.69) is 5.73 Å². The number of carbonyl (C=O) groups excluding carboxylic acids is 1. The standard InChI is InChI=1S/C3H4Cl2FNO/c4-1-3(5,6)2(7)8/h1H2,(H2,7,8). The predicted octanol–water partition coefficient (Wildman–Crippen LogP) is 0.615. The largest absolute Gasteiger partial charge is 0.366 e. The average Bonchev–Trinajstić information content (AvgIpc) is 1.67. The van der Waals surface area contributed by atoms with Gasteiger partial charge < -0.3 is 5.73 Å². The van der Waals surface area contributed by atoms with Gasteiger partial charge in [0, 0.05) is 0 Å². The van der Waals surface area contributed by atoms with Crippen LogP contribution in [0.5, 0.6) is 0 Å². The third kappa shape index (κ3) is 1.84. The normalized spacial score (nSPS) is 17.4. The zero-order valence-corrected chi connectivity index (χ0v) is 5.34. The molecule has 2 N–H and O–H groups in total. The van der Waals surface area contributed by atoms with Gasteiger partial charge in [0.05, 0.1) is 5.88 Å². The van der Waals surface area contributed by atoms with Crippen molar-refractivity contribution < 1.29 is 9.18 Å². The van der Waals surface area contributed by atoms with E-state index in [0.29, 0.717) is 0 Å². The molecule has 0 radical (unpaired) electrons. The second-order valence-electron chi connectivity index (χ2n) is 1.20. The molecule has 0 bridgehead atoms. The number of amides is 1. The maximum absolute atomic E-state index is 12.1. The summed E-state index contributed by atoms with van der Waals surface area (Å²) in [5.74, 6) is -1.88. The van der Waals surface area contributed by atoms with Gasteiger partial charge in [0.15, 0.2) is 0 Å². The van der Waals surface area contributed by atoms with E-state index in [1.165, 1.54) is 0 Å². The molecule has 1 unspecified atom stereocenters. The van der Waals surface area contributed by atoms with Crippen molar-refractivity contribution in [2.75, 3.05) is 5.88 Å². The number of rotatable bonds is 2. The summed E-state index contributed by atoms with van der Waals surface area (Å²) in [6.07, 6.45) is 0. The van der Waals surface area contributed by atoms with Crippen LogP contribution in [-0.2, 0) is 4.79 Å². The van der Waals surface area contributed by atoms with Crippen molar-refractivity contribution in [1.29, 1.82) is 0 Å². The van der Waals surface area contributed by atoms with Crippen LogP contribution in [-0.4, -0.2) is 16.9 Å². The highest BCUT2D eigenvalue weighted by atomic mass is 35.5. The molecule has 8 heavy (non-hydrogen) atoms. The molecule has 5 heteroatoms. The highest BCUT2D eigenvalue weighted by molar-refractivity contribution is 6.38. The summed E-state index contributed by atoms with van der Waals surface area (Å²) in [5.41, 5.74) is 4.45. The van der Waals surface area contributed by atoms with Gasteiger partial charge in [-0.1, -0.05) is 11.6 Å². The summed E-state index contributed by atoms with van der Waals surface area (Å²) >= 11 is 9.66. The first-order valence-electron chi connectivity index (χ1n) is 1.74. The summed E-state index contributed by atoms with van der Waals surface area (Å²) in [5, 5.41) is -2.58. The molecular formula is C3H4Cl2FNO. The van der Waals surface area contributed by atoms with Crippen molar-refractivity contribution in [1.82, 2.24) is 0 Å². The number of primary amides is 1. The smallest absolute Gasteiger partial charge is 0.274 e. The number of carbonyl (C=O) groups is 1. The number of hydrogen-bond donors (Lipinski definition) is 1. The Morgan fingerprint density at radius 1 is 1.88 bits per heavy atom. The van der Waals surface area contributed by atoms with E-state index in [0.717, 1.165) is 0 Å². The third-order valence-corrected chi connectivity index (χ3v) is 1.35. The van der Waals surface area contributed by atoms with E-state index in [-0.39, 0.29) is 0 Å². The van der Waals surface area contributed by atoms with Crippen molar-refractivity contribution in [3.8, 4) is 0 Å². The van der Waals surface area contributed by atoms with Crippen LogP contribution < -0.4 is 5.73 Å². The zero-order valence-electron chi connectivity index (χ0n) is 3.83. The van der Waals surface area contributed by atoms with Crippen molar-refractivity contribution in [3.63, 3.8) is 0 Å². The molecule has 0 aliphatic heterocycles. The van der Waals surface area contributed by atoms with Gasteiger partial charge in [0.2, 0.25) is 0 Å². The molecule has 0 aliphatic rings. The van der Waals surface area contributed by atoms with Gasteiger partial charge in [0.25, 0.3) is 11.0 Å². The summed E-state index contributed by atoms with van der Waals surface area (Å²) in [6.45, 7) is 0. The third-order valence-electron chi connectivity index (χ3n) is 0.528. The number of halogens is 3. The minimum atomic E-state index is -2.58. The molecule has 0 aromatic heterocycles. The van der Waals surface area contributed by atoms with Crippen LogP contribution in [0.15, 0.2) is 0 Å². The summed E-state index contributed by atoms with van der Waals surface area (Å²) < 4.78 is 12.1. The van der Waals surface area contributed by atoms with Gasteiger partial charge in [-0.25, -0.2) is 4.39 Å². The highest BCUT2D eigenvalue weighted by Gasteiger charge is 2.32. The van der Waals surface area contributed by atoms with Crippen LogP contribution in [0.1, 0.15) is 0 Å². The van der Waals surface area contributed by atoms with Crippen molar-refractivity contribution >= 4 is 29.1 Å². The zero-order chi connectivity index (χ0) is 6.78. The fourth-order valence-corrected chi connectivity index (χ4v) is 0.198. The van der Waals surface area contributed by atoms with E-state index in [1.54, 1.807) is 0 Å². The summed E-state index contributed by atoms with van der Waals surface area (Å²) in [4.78, 5) is 9.88. The lowest BCUT2D eigenvalue weighted by atomic mass is 10.4. The molecule has 0 saturated heterocycles. The number of nitrogens with two attached hydrogens (primary N) is 1. The fourth-order valence-electron chi connectivity index (χ4n) is 0.0659. The van der Waals surface area contributed by atoms with Gasteiger partial charge in [0.1, 0.15) is 0 Å². The molecule has 0 rings (SSSR count). The van der Waals surface area contributed by atoms with E-state index < -0.39 is 16.9 Å². The maximum Gasteiger partial charge on any atom is 0.274 e. The Kier molecular flexibility index (Phi) is 2.50. The van der Waals surface area contributed by atoms with E-state index in [4.69, 9.17) is 23.2 Å². The van der Waals surface area contributed by atoms with E-state index >= 15 is 0 Å². The number of hydrogen-bond acceptors (Lipinski definition) is 1. The Bertz CT molecular complexity index is 105. The van der Waals surface area contributed by atoms with Crippen LogP contribution in [0.3, 0.4) is 0 Å². The maximum atomic E-state index is 12.1. The fraction of sp³-hybridized carbons (Fsp3) is 0.667. The summed E-state index contributed by atoms with van der Waals surface area (Å²) in [6, 6.07) is 0. The molecule has 0 fully saturated rings. The Balaban J connectivity index is 3.91. The Morgan fingerprint density at radius 2 is 2.25 bits per heavy atom. The Hall–Kier alpha value is -0.0200. The van der Waals surface area contributed by atoms with Gasteiger partial charge in [-0.15, -0.1) is 11.6 Å². The lowest BCUT2D eigenvalue weighted by Crippen LogP contribution is -2.35. The Morgan fingerprint density at radius 3 is 2.25 bits per heavy atom. The number of alkyl halides is 3. The topological polar surface area (TPSA) is 43.1 Å². The molecule has 0 saturated carbocycles. The van der Waals surface area contributed by atoms with Crippen LogP contribution in [0.4, 0.5) is 4.39 Å². The lowest BCUT2D eigenvalue weighted by molar-refractivity contribution is -0.123. The van der Waals surface area contributed by atoms with Crippen molar-refractivity contribution in [2.45, 2.75) is 5.13 Å². The highest BCUT2D eigenvalue weighted by Crippen LogP contribution is 2.17. The molecule has 0 heterocycles. The lowest BCUT2D eigenvalue weighted by Gasteiger charge is -2.06. The minimum Gasteiger partial charge on any atom is -0.366 e. The van der Waals surface area contributed by atoms with Crippen LogP contribution in [0, 0.1) is 0 Å². The molecule has 2 nitrogen and oxygen atoms in total. The van der Waals surface area contributed by atoms with Gasteiger partial charge >= 0.3 is 0 Å². The molecule has 1 atom stereocenters. The molecule has 0 aromatic carbocycles. The predicted molar refractivity (Wildman–Crippen MR) is 29.6 cm³/mol. The average molecular weight is 160 g/mol. The molecule has 48 valence electrons. The quantitative estimate of drug-likeness (QED) is 0.591. The van der Waals surface area contributed by atoms with Crippen LogP contribution in [0.2, 0.25) is 0 Å². The molecule has 0 aliphatic carbocycles. The van der Waals surface area contributed by atoms with Gasteiger partial charge in [-0.3, -0.25) is 4.79 Å². The SMILES string of the molecule is NC(=O)C(F)(Cl)CCl. The first kappa shape index (κ1) is 7.98. The van der Waals surface area contributed by atoms with Crippen molar-refractivity contribution in [2.24, 2.45) is 5.73 Å². The van der Waals surface area contributed by atoms with E-state index in [1.807, 2.05) is 0 Å². The second-order valence-corrected chi connectivity index (χ2v) is 2.07. The molecule has 0 aromatic rings. The second kappa shape index (κ2) is 2.51. The van der Waals surface area contributed by atoms with Crippen LogP contribution in [0.25, 0.3) is 0 Å². The molecule has 0 spiro atoms. The van der Waals surface area contributed by atoms with Gasteiger partial charge in [-0.05, 0) is 0 Å².